The molecule has 1 heterocycles. The molecule has 0 amide bonds. The van der Waals surface area contributed by atoms with Crippen LogP contribution in [-0.2, 0) is 0 Å². The summed E-state index contributed by atoms with van der Waals surface area (Å²) in [5.74, 6) is 0.377. The molecular weight excluding hydrogens is 200 g/mol. The van der Waals surface area contributed by atoms with E-state index in [2.05, 4.69) is 10.3 Å². The standard InChI is InChI=1S/C9H9ClN4/c1-6-2-3-8(7(10)4-6)14-5-9(11)12-13-14/h2-5H,11H2,1H3. The van der Waals surface area contributed by atoms with Gasteiger partial charge in [0.1, 0.15) is 0 Å². The van der Waals surface area contributed by atoms with Crippen molar-refractivity contribution < 1.29 is 0 Å². The molecular formula is C9H9ClN4. The van der Waals surface area contributed by atoms with Crippen LogP contribution in [0.5, 0.6) is 0 Å². The molecule has 0 atom stereocenters. The summed E-state index contributed by atoms with van der Waals surface area (Å²) < 4.78 is 1.55. The van der Waals surface area contributed by atoms with Crippen molar-refractivity contribution in [2.45, 2.75) is 6.92 Å². The third-order valence-corrected chi connectivity index (χ3v) is 2.16. The minimum absolute atomic E-state index is 0.377. The molecule has 1 aromatic carbocycles. The van der Waals surface area contributed by atoms with Crippen molar-refractivity contribution in [3.05, 3.63) is 35.0 Å². The van der Waals surface area contributed by atoms with Crippen molar-refractivity contribution in [2.24, 2.45) is 0 Å². The average molecular weight is 209 g/mol. The lowest BCUT2D eigenvalue weighted by Crippen LogP contribution is -1.96. The summed E-state index contributed by atoms with van der Waals surface area (Å²) in [7, 11) is 0. The lowest BCUT2D eigenvalue weighted by Gasteiger charge is -2.03. The van der Waals surface area contributed by atoms with Crippen LogP contribution in [0.2, 0.25) is 5.02 Å². The second kappa shape index (κ2) is 3.31. The first-order valence-electron chi connectivity index (χ1n) is 4.11. The van der Waals surface area contributed by atoms with E-state index in [9.17, 15) is 0 Å². The second-order valence-corrected chi connectivity index (χ2v) is 3.45. The summed E-state index contributed by atoms with van der Waals surface area (Å²) in [6.07, 6.45) is 1.62. The van der Waals surface area contributed by atoms with E-state index < -0.39 is 0 Å². The van der Waals surface area contributed by atoms with Gasteiger partial charge >= 0.3 is 0 Å². The number of aryl methyl sites for hydroxylation is 1. The number of benzene rings is 1. The lowest BCUT2D eigenvalue weighted by molar-refractivity contribution is 0.804. The average Bonchev–Trinajstić information content (AvgIpc) is 2.51. The Morgan fingerprint density at radius 3 is 2.79 bits per heavy atom. The molecule has 0 aliphatic carbocycles. The van der Waals surface area contributed by atoms with E-state index >= 15 is 0 Å². The molecule has 5 heteroatoms. The van der Waals surface area contributed by atoms with Crippen molar-refractivity contribution in [3.8, 4) is 5.69 Å². The predicted octanol–water partition coefficient (Wildman–Crippen LogP) is 1.81. The van der Waals surface area contributed by atoms with Crippen LogP contribution >= 0.6 is 11.6 Å². The number of halogens is 1. The molecule has 0 bridgehead atoms. The number of hydrogen-bond acceptors (Lipinski definition) is 3. The first-order chi connectivity index (χ1) is 6.66. The van der Waals surface area contributed by atoms with Gasteiger partial charge in [0.05, 0.1) is 16.9 Å². The van der Waals surface area contributed by atoms with E-state index in [1.165, 1.54) is 0 Å². The van der Waals surface area contributed by atoms with Crippen LogP contribution in [0.15, 0.2) is 24.4 Å². The number of hydrogen-bond donors (Lipinski definition) is 1. The molecule has 72 valence electrons. The van der Waals surface area contributed by atoms with Crippen LogP contribution in [0.1, 0.15) is 5.56 Å². The fourth-order valence-electron chi connectivity index (χ4n) is 1.19. The number of nitrogens with zero attached hydrogens (tertiary/aromatic N) is 3. The third-order valence-electron chi connectivity index (χ3n) is 1.86. The summed E-state index contributed by atoms with van der Waals surface area (Å²) in [5, 5.41) is 8.16. The number of anilines is 1. The first-order valence-corrected chi connectivity index (χ1v) is 4.49. The van der Waals surface area contributed by atoms with Gasteiger partial charge in [0, 0.05) is 0 Å². The van der Waals surface area contributed by atoms with E-state index in [0.29, 0.717) is 10.8 Å². The monoisotopic (exact) mass is 208 g/mol. The van der Waals surface area contributed by atoms with Crippen LogP contribution in [0.3, 0.4) is 0 Å². The molecule has 14 heavy (non-hydrogen) atoms. The van der Waals surface area contributed by atoms with Crippen LogP contribution in [0.25, 0.3) is 5.69 Å². The topological polar surface area (TPSA) is 56.7 Å². The van der Waals surface area contributed by atoms with Crippen LogP contribution in [-0.4, -0.2) is 15.0 Å². The SMILES string of the molecule is Cc1ccc(-n2cc(N)nn2)c(Cl)c1. The van der Waals surface area contributed by atoms with Gasteiger partial charge < -0.3 is 5.73 Å². The van der Waals surface area contributed by atoms with Gasteiger partial charge in [-0.2, -0.15) is 0 Å². The van der Waals surface area contributed by atoms with Crippen molar-refractivity contribution in [1.29, 1.82) is 0 Å². The molecule has 0 fully saturated rings. The highest BCUT2D eigenvalue weighted by molar-refractivity contribution is 6.32. The van der Waals surface area contributed by atoms with Gasteiger partial charge in [-0.15, -0.1) is 5.10 Å². The van der Waals surface area contributed by atoms with Gasteiger partial charge in [-0.1, -0.05) is 22.9 Å². The Balaban J connectivity index is 2.52. The zero-order valence-electron chi connectivity index (χ0n) is 7.61. The Morgan fingerprint density at radius 1 is 1.43 bits per heavy atom. The van der Waals surface area contributed by atoms with Gasteiger partial charge in [-0.25, -0.2) is 4.68 Å². The Labute approximate surface area is 86.3 Å². The van der Waals surface area contributed by atoms with Crippen molar-refractivity contribution in [3.63, 3.8) is 0 Å². The molecule has 0 spiro atoms. The van der Waals surface area contributed by atoms with Gasteiger partial charge in [0.15, 0.2) is 5.82 Å². The quantitative estimate of drug-likeness (QED) is 0.778. The first kappa shape index (κ1) is 9.02. The molecule has 0 unspecified atom stereocenters. The highest BCUT2D eigenvalue weighted by Gasteiger charge is 2.04. The maximum absolute atomic E-state index is 6.04. The van der Waals surface area contributed by atoms with Gasteiger partial charge in [0.25, 0.3) is 0 Å². The lowest BCUT2D eigenvalue weighted by atomic mass is 10.2. The summed E-state index contributed by atoms with van der Waals surface area (Å²) in [6, 6.07) is 5.71. The molecule has 2 rings (SSSR count). The summed E-state index contributed by atoms with van der Waals surface area (Å²) >= 11 is 6.04. The number of nitrogens with two attached hydrogens (primary N) is 1. The molecule has 0 radical (unpaired) electrons. The van der Waals surface area contributed by atoms with Crippen LogP contribution < -0.4 is 5.73 Å². The smallest absolute Gasteiger partial charge is 0.166 e. The minimum atomic E-state index is 0.377. The number of aromatic nitrogens is 3. The third kappa shape index (κ3) is 1.56. The molecule has 0 saturated heterocycles. The van der Waals surface area contributed by atoms with E-state index in [0.717, 1.165) is 11.3 Å². The van der Waals surface area contributed by atoms with Crippen molar-refractivity contribution >= 4 is 17.4 Å². The maximum Gasteiger partial charge on any atom is 0.166 e. The molecule has 0 aliphatic rings. The number of rotatable bonds is 1. The van der Waals surface area contributed by atoms with Gasteiger partial charge in [-0.3, -0.25) is 0 Å². The number of nitrogen functional groups attached to an aromatic ring is 1. The molecule has 2 aromatic rings. The Morgan fingerprint density at radius 2 is 2.21 bits per heavy atom. The summed E-state index contributed by atoms with van der Waals surface area (Å²) in [4.78, 5) is 0. The summed E-state index contributed by atoms with van der Waals surface area (Å²) in [5.41, 5.74) is 7.34. The zero-order valence-corrected chi connectivity index (χ0v) is 8.36. The molecule has 0 saturated carbocycles. The normalized spacial score (nSPS) is 10.4. The molecule has 2 N–H and O–H groups in total. The van der Waals surface area contributed by atoms with Gasteiger partial charge in [-0.05, 0) is 24.6 Å². The highest BCUT2D eigenvalue weighted by Crippen LogP contribution is 2.20. The second-order valence-electron chi connectivity index (χ2n) is 3.04. The van der Waals surface area contributed by atoms with Gasteiger partial charge in [0.2, 0.25) is 0 Å². The van der Waals surface area contributed by atoms with E-state index in [1.54, 1.807) is 10.9 Å². The maximum atomic E-state index is 6.04. The van der Waals surface area contributed by atoms with Crippen molar-refractivity contribution in [1.82, 2.24) is 15.0 Å². The minimum Gasteiger partial charge on any atom is -0.381 e. The Kier molecular flexibility index (Phi) is 2.13. The largest absolute Gasteiger partial charge is 0.381 e. The molecule has 1 aromatic heterocycles. The predicted molar refractivity (Wildman–Crippen MR) is 55.5 cm³/mol. The van der Waals surface area contributed by atoms with Crippen LogP contribution in [0.4, 0.5) is 5.82 Å². The zero-order chi connectivity index (χ0) is 10.1. The highest BCUT2D eigenvalue weighted by atomic mass is 35.5. The van der Waals surface area contributed by atoms with E-state index in [1.807, 2.05) is 25.1 Å². The molecule has 0 aliphatic heterocycles. The Hall–Kier alpha value is -1.55. The summed E-state index contributed by atoms with van der Waals surface area (Å²) in [6.45, 7) is 1.98. The molecule has 4 nitrogen and oxygen atoms in total. The fraction of sp³-hybridized carbons (Fsp3) is 0.111. The fourth-order valence-corrected chi connectivity index (χ4v) is 1.51. The Bertz CT molecular complexity index is 464. The van der Waals surface area contributed by atoms with E-state index in [4.69, 9.17) is 17.3 Å². The van der Waals surface area contributed by atoms with Crippen molar-refractivity contribution in [2.75, 3.05) is 5.73 Å². The van der Waals surface area contributed by atoms with E-state index in [-0.39, 0.29) is 0 Å². The van der Waals surface area contributed by atoms with Crippen LogP contribution in [0, 0.1) is 6.92 Å².